The van der Waals surface area contributed by atoms with Gasteiger partial charge in [-0.25, -0.2) is 0 Å². The van der Waals surface area contributed by atoms with Crippen LogP contribution in [-0.4, -0.2) is 14.1 Å². The summed E-state index contributed by atoms with van der Waals surface area (Å²) in [6, 6.07) is 30.5. The third-order valence-corrected chi connectivity index (χ3v) is 6.27. The molecule has 0 saturated carbocycles. The summed E-state index contributed by atoms with van der Waals surface area (Å²) in [5.74, 6) is 0. The van der Waals surface area contributed by atoms with E-state index in [9.17, 15) is 0 Å². The van der Waals surface area contributed by atoms with Gasteiger partial charge >= 0.3 is 0 Å². The van der Waals surface area contributed by atoms with E-state index in [1.807, 2.05) is 0 Å². The predicted molar refractivity (Wildman–Crippen MR) is 125 cm³/mol. The highest BCUT2D eigenvalue weighted by Gasteiger charge is 2.25. The molecule has 3 heteroatoms. The van der Waals surface area contributed by atoms with Crippen molar-refractivity contribution in [1.82, 2.24) is 14.1 Å². The van der Waals surface area contributed by atoms with Gasteiger partial charge in [0, 0.05) is 34.1 Å². The van der Waals surface area contributed by atoms with Gasteiger partial charge in [-0.1, -0.05) is 54.6 Å². The van der Waals surface area contributed by atoms with Crippen LogP contribution in [0.25, 0.3) is 32.7 Å². The number of rotatable bonds is 3. The van der Waals surface area contributed by atoms with Crippen LogP contribution in [0.3, 0.4) is 0 Å². The zero-order chi connectivity index (χ0) is 20.2. The molecule has 0 bridgehead atoms. The molecule has 0 aliphatic carbocycles. The second kappa shape index (κ2) is 6.39. The number of aromatic amines is 1. The lowest BCUT2D eigenvalue weighted by Gasteiger charge is -2.26. The van der Waals surface area contributed by atoms with E-state index < -0.39 is 0 Å². The number of nitrogens with one attached hydrogen (secondary N) is 1. The van der Waals surface area contributed by atoms with Crippen molar-refractivity contribution in [3.8, 4) is 0 Å². The Balaban J connectivity index is 1.75. The Hall–Kier alpha value is -3.72. The first-order valence-electron chi connectivity index (χ1n) is 10.4. The molecule has 0 radical (unpaired) electrons. The number of hydrogen-bond acceptors (Lipinski definition) is 0. The van der Waals surface area contributed by atoms with Crippen molar-refractivity contribution < 1.29 is 0 Å². The lowest BCUT2D eigenvalue weighted by atomic mass is 10.1. The molecule has 0 fully saturated rings. The van der Waals surface area contributed by atoms with E-state index in [-0.39, 0.29) is 6.17 Å². The van der Waals surface area contributed by atoms with Gasteiger partial charge in [0.15, 0.2) is 0 Å². The zero-order valence-electron chi connectivity index (χ0n) is 17.1. The SMILES string of the molecule is Cc1cc2ccccc2n1C(c1c[nH]c2ccccc12)n1c(C)cc2ccccc21. The number of hydrogen-bond donors (Lipinski definition) is 1. The van der Waals surface area contributed by atoms with Gasteiger partial charge in [-0.05, 0) is 55.0 Å². The third-order valence-electron chi connectivity index (χ3n) is 6.27. The molecule has 0 unspecified atom stereocenters. The summed E-state index contributed by atoms with van der Waals surface area (Å²) in [5.41, 5.74) is 7.46. The Kier molecular flexibility index (Phi) is 3.66. The quantitative estimate of drug-likeness (QED) is 0.345. The Labute approximate surface area is 175 Å². The highest BCUT2D eigenvalue weighted by molar-refractivity contribution is 5.87. The Bertz CT molecular complexity index is 1450. The van der Waals surface area contributed by atoms with Gasteiger partial charge in [-0.3, -0.25) is 0 Å². The molecule has 30 heavy (non-hydrogen) atoms. The fourth-order valence-electron chi connectivity index (χ4n) is 4.98. The number of fused-ring (bicyclic) bond motifs is 3. The van der Waals surface area contributed by atoms with E-state index in [1.54, 1.807) is 0 Å². The standard InChI is InChI=1S/C27H23N3/c1-18-15-20-9-3-7-13-25(20)29(18)27(23-17-28-24-12-6-5-11-22(23)24)30-19(2)16-21-10-4-8-14-26(21)30/h3-17,27-28H,1-2H3. The predicted octanol–water partition coefficient (Wildman–Crippen LogP) is 6.79. The highest BCUT2D eigenvalue weighted by atomic mass is 15.2. The summed E-state index contributed by atoms with van der Waals surface area (Å²) in [7, 11) is 0. The van der Waals surface area contributed by atoms with Crippen LogP contribution in [-0.2, 0) is 0 Å². The molecule has 0 amide bonds. The van der Waals surface area contributed by atoms with Crippen LogP contribution in [0.4, 0.5) is 0 Å². The molecular formula is C27H23N3. The van der Waals surface area contributed by atoms with Crippen LogP contribution in [0.15, 0.2) is 91.1 Å². The molecule has 0 spiro atoms. The molecular weight excluding hydrogens is 366 g/mol. The molecule has 3 heterocycles. The number of para-hydroxylation sites is 3. The van der Waals surface area contributed by atoms with Gasteiger partial charge in [-0.2, -0.15) is 0 Å². The Morgan fingerprint density at radius 2 is 1.20 bits per heavy atom. The van der Waals surface area contributed by atoms with Gasteiger partial charge < -0.3 is 14.1 Å². The summed E-state index contributed by atoms with van der Waals surface area (Å²) < 4.78 is 4.95. The number of nitrogens with zero attached hydrogens (tertiary/aromatic N) is 2. The van der Waals surface area contributed by atoms with Gasteiger partial charge in [-0.15, -0.1) is 0 Å². The number of H-pyrrole nitrogens is 1. The van der Waals surface area contributed by atoms with Crippen molar-refractivity contribution in [2.24, 2.45) is 0 Å². The number of aromatic nitrogens is 3. The molecule has 0 aliphatic rings. The van der Waals surface area contributed by atoms with Crippen LogP contribution >= 0.6 is 0 Å². The second-order valence-corrected chi connectivity index (χ2v) is 8.09. The normalized spacial score (nSPS) is 12.0. The number of benzene rings is 3. The Morgan fingerprint density at radius 1 is 0.667 bits per heavy atom. The van der Waals surface area contributed by atoms with Crippen molar-refractivity contribution in [2.45, 2.75) is 20.0 Å². The topological polar surface area (TPSA) is 25.6 Å². The fourth-order valence-corrected chi connectivity index (χ4v) is 4.98. The molecule has 3 aromatic heterocycles. The average Bonchev–Trinajstić information content (AvgIpc) is 3.43. The van der Waals surface area contributed by atoms with Crippen molar-refractivity contribution in [3.63, 3.8) is 0 Å². The first-order valence-corrected chi connectivity index (χ1v) is 10.4. The molecule has 0 atom stereocenters. The minimum atomic E-state index is 0.0148. The summed E-state index contributed by atoms with van der Waals surface area (Å²) in [4.78, 5) is 3.50. The summed E-state index contributed by atoms with van der Waals surface area (Å²) in [6.07, 6.45) is 2.19. The first-order chi connectivity index (χ1) is 14.7. The molecule has 0 saturated heterocycles. The average molecular weight is 390 g/mol. The number of aryl methyl sites for hydroxylation is 2. The maximum absolute atomic E-state index is 3.50. The molecule has 146 valence electrons. The maximum Gasteiger partial charge on any atom is 0.138 e. The largest absolute Gasteiger partial charge is 0.361 e. The zero-order valence-corrected chi connectivity index (χ0v) is 17.1. The van der Waals surface area contributed by atoms with E-state index in [0.29, 0.717) is 0 Å². The summed E-state index contributed by atoms with van der Waals surface area (Å²) in [6.45, 7) is 4.42. The van der Waals surface area contributed by atoms with E-state index >= 15 is 0 Å². The summed E-state index contributed by atoms with van der Waals surface area (Å²) >= 11 is 0. The molecule has 6 rings (SSSR count). The molecule has 6 aromatic rings. The minimum Gasteiger partial charge on any atom is -0.361 e. The van der Waals surface area contributed by atoms with Crippen molar-refractivity contribution in [2.75, 3.05) is 0 Å². The fraction of sp³-hybridized carbons (Fsp3) is 0.111. The van der Waals surface area contributed by atoms with Gasteiger partial charge in [0.2, 0.25) is 0 Å². The molecule has 3 aromatic carbocycles. The molecule has 0 aliphatic heterocycles. The van der Waals surface area contributed by atoms with E-state index in [0.717, 1.165) is 0 Å². The van der Waals surface area contributed by atoms with Crippen LogP contribution < -0.4 is 0 Å². The lowest BCUT2D eigenvalue weighted by Crippen LogP contribution is -2.21. The van der Waals surface area contributed by atoms with Gasteiger partial charge in [0.25, 0.3) is 0 Å². The van der Waals surface area contributed by atoms with Crippen LogP contribution in [0, 0.1) is 13.8 Å². The molecule has 3 nitrogen and oxygen atoms in total. The smallest absolute Gasteiger partial charge is 0.138 e. The van der Waals surface area contributed by atoms with Crippen LogP contribution in [0.1, 0.15) is 23.1 Å². The third kappa shape index (κ3) is 2.38. The van der Waals surface area contributed by atoms with Gasteiger partial charge in [0.1, 0.15) is 6.17 Å². The minimum absolute atomic E-state index is 0.0148. The summed E-state index contributed by atoms with van der Waals surface area (Å²) in [5, 5.41) is 3.81. The first kappa shape index (κ1) is 17.2. The highest BCUT2D eigenvalue weighted by Crippen LogP contribution is 2.36. The monoisotopic (exact) mass is 389 g/mol. The van der Waals surface area contributed by atoms with Crippen molar-refractivity contribution in [3.05, 3.63) is 108 Å². The van der Waals surface area contributed by atoms with E-state index in [4.69, 9.17) is 0 Å². The maximum atomic E-state index is 3.50. The lowest BCUT2D eigenvalue weighted by molar-refractivity contribution is 0.518. The second-order valence-electron chi connectivity index (χ2n) is 8.09. The van der Waals surface area contributed by atoms with Crippen LogP contribution in [0.2, 0.25) is 0 Å². The van der Waals surface area contributed by atoms with Crippen molar-refractivity contribution in [1.29, 1.82) is 0 Å². The molecule has 1 N–H and O–H groups in total. The van der Waals surface area contributed by atoms with E-state index in [2.05, 4.69) is 119 Å². The van der Waals surface area contributed by atoms with E-state index in [1.165, 1.54) is 49.7 Å². The van der Waals surface area contributed by atoms with Gasteiger partial charge in [0.05, 0.1) is 11.0 Å². The Morgan fingerprint density at radius 3 is 1.83 bits per heavy atom. The van der Waals surface area contributed by atoms with Crippen molar-refractivity contribution >= 4 is 32.7 Å². The van der Waals surface area contributed by atoms with Crippen LogP contribution in [0.5, 0.6) is 0 Å².